The lowest BCUT2D eigenvalue weighted by molar-refractivity contribution is 0.169. The fourth-order valence-corrected chi connectivity index (χ4v) is 2.52. The van der Waals surface area contributed by atoms with Crippen molar-refractivity contribution in [1.82, 2.24) is 9.55 Å². The molecule has 2 rings (SSSR count). The number of hydrogen-bond acceptors (Lipinski definition) is 2. The van der Waals surface area contributed by atoms with Gasteiger partial charge in [-0.15, -0.1) is 0 Å². The minimum atomic E-state index is -0.502. The third kappa shape index (κ3) is 2.46. The first-order valence-corrected chi connectivity index (χ1v) is 6.20. The van der Waals surface area contributed by atoms with E-state index in [4.69, 9.17) is 0 Å². The standard InChI is InChI=1S/C15H20N2O/c1-10-5-11(2)13(12(3)6-10)7-15(18)14-8-16-9-17(14)4/h5-6,8-9,15,18H,7H2,1-4H3. The normalized spacial score (nSPS) is 12.7. The molecule has 0 amide bonds. The number of aliphatic hydroxyl groups excluding tert-OH is 1. The lowest BCUT2D eigenvalue weighted by Gasteiger charge is -2.16. The largest absolute Gasteiger partial charge is 0.386 e. The van der Waals surface area contributed by atoms with Crippen LogP contribution in [0.4, 0.5) is 0 Å². The lowest BCUT2D eigenvalue weighted by Crippen LogP contribution is -2.08. The second kappa shape index (κ2) is 4.94. The molecule has 1 N–H and O–H groups in total. The number of aryl methyl sites for hydroxylation is 4. The van der Waals surface area contributed by atoms with Gasteiger partial charge in [-0.05, 0) is 37.5 Å². The van der Waals surface area contributed by atoms with E-state index >= 15 is 0 Å². The van der Waals surface area contributed by atoms with E-state index in [0.717, 1.165) is 5.69 Å². The van der Waals surface area contributed by atoms with E-state index in [1.54, 1.807) is 12.5 Å². The van der Waals surface area contributed by atoms with Gasteiger partial charge in [-0.3, -0.25) is 0 Å². The molecular weight excluding hydrogens is 224 g/mol. The highest BCUT2D eigenvalue weighted by molar-refractivity contribution is 5.38. The van der Waals surface area contributed by atoms with Gasteiger partial charge in [-0.2, -0.15) is 0 Å². The molecule has 0 bridgehead atoms. The second-order valence-electron chi connectivity index (χ2n) is 5.03. The highest BCUT2D eigenvalue weighted by atomic mass is 16.3. The average Bonchev–Trinajstić information content (AvgIpc) is 2.69. The number of nitrogens with zero attached hydrogens (tertiary/aromatic N) is 2. The molecule has 2 aromatic rings. The Morgan fingerprint density at radius 1 is 1.22 bits per heavy atom. The Bertz CT molecular complexity index is 534. The van der Waals surface area contributed by atoms with E-state index in [9.17, 15) is 5.11 Å². The van der Waals surface area contributed by atoms with Gasteiger partial charge in [0, 0.05) is 13.5 Å². The van der Waals surface area contributed by atoms with Gasteiger partial charge in [0.15, 0.2) is 0 Å². The maximum absolute atomic E-state index is 10.3. The van der Waals surface area contributed by atoms with Crippen LogP contribution in [0.3, 0.4) is 0 Å². The number of rotatable bonds is 3. The van der Waals surface area contributed by atoms with Gasteiger partial charge in [0.05, 0.1) is 24.3 Å². The Hall–Kier alpha value is -1.61. The van der Waals surface area contributed by atoms with Crippen molar-refractivity contribution in [3.8, 4) is 0 Å². The van der Waals surface area contributed by atoms with Crippen LogP contribution >= 0.6 is 0 Å². The van der Waals surface area contributed by atoms with Crippen molar-refractivity contribution in [2.75, 3.05) is 0 Å². The molecule has 1 atom stereocenters. The first-order chi connectivity index (χ1) is 8.49. The third-order valence-corrected chi connectivity index (χ3v) is 3.43. The van der Waals surface area contributed by atoms with Crippen molar-refractivity contribution >= 4 is 0 Å². The fourth-order valence-electron chi connectivity index (χ4n) is 2.52. The van der Waals surface area contributed by atoms with E-state index in [-0.39, 0.29) is 0 Å². The summed E-state index contributed by atoms with van der Waals surface area (Å²) < 4.78 is 1.86. The predicted molar refractivity (Wildman–Crippen MR) is 72.5 cm³/mol. The number of imidazole rings is 1. The molecular formula is C15H20N2O. The first-order valence-electron chi connectivity index (χ1n) is 6.20. The second-order valence-corrected chi connectivity index (χ2v) is 5.03. The van der Waals surface area contributed by atoms with Crippen LogP contribution in [0.5, 0.6) is 0 Å². The van der Waals surface area contributed by atoms with E-state index in [0.29, 0.717) is 6.42 Å². The van der Waals surface area contributed by atoms with Crippen LogP contribution < -0.4 is 0 Å². The first kappa shape index (κ1) is 12.8. The van der Waals surface area contributed by atoms with Crippen molar-refractivity contribution < 1.29 is 5.11 Å². The Kier molecular flexibility index (Phi) is 3.53. The maximum atomic E-state index is 10.3. The SMILES string of the molecule is Cc1cc(C)c(CC(O)c2cncn2C)c(C)c1. The smallest absolute Gasteiger partial charge is 0.0996 e. The third-order valence-electron chi connectivity index (χ3n) is 3.43. The zero-order valence-electron chi connectivity index (χ0n) is 11.4. The van der Waals surface area contributed by atoms with Crippen molar-refractivity contribution in [2.45, 2.75) is 33.3 Å². The van der Waals surface area contributed by atoms with Gasteiger partial charge in [-0.1, -0.05) is 17.7 Å². The Labute approximate surface area is 108 Å². The minimum Gasteiger partial charge on any atom is -0.386 e. The summed E-state index contributed by atoms with van der Waals surface area (Å²) in [4.78, 5) is 4.05. The number of benzene rings is 1. The summed E-state index contributed by atoms with van der Waals surface area (Å²) in [6.45, 7) is 6.30. The van der Waals surface area contributed by atoms with Gasteiger partial charge in [0.1, 0.15) is 0 Å². The molecule has 0 aliphatic heterocycles. The van der Waals surface area contributed by atoms with Gasteiger partial charge in [0.2, 0.25) is 0 Å². The summed E-state index contributed by atoms with van der Waals surface area (Å²) in [7, 11) is 1.90. The van der Waals surface area contributed by atoms with Crippen molar-refractivity contribution in [2.24, 2.45) is 7.05 Å². The Balaban J connectivity index is 2.27. The van der Waals surface area contributed by atoms with Crippen LogP contribution in [0.1, 0.15) is 34.1 Å². The molecule has 0 radical (unpaired) electrons. The van der Waals surface area contributed by atoms with Crippen LogP contribution in [0, 0.1) is 20.8 Å². The van der Waals surface area contributed by atoms with Gasteiger partial charge >= 0.3 is 0 Å². The molecule has 0 spiro atoms. The van der Waals surface area contributed by atoms with E-state index in [1.807, 2.05) is 11.6 Å². The van der Waals surface area contributed by atoms with Crippen molar-refractivity contribution in [1.29, 1.82) is 0 Å². The zero-order chi connectivity index (χ0) is 13.3. The van der Waals surface area contributed by atoms with Gasteiger partial charge in [-0.25, -0.2) is 4.98 Å². The number of aliphatic hydroxyl groups is 1. The Morgan fingerprint density at radius 2 is 1.83 bits per heavy atom. The quantitative estimate of drug-likeness (QED) is 0.901. The van der Waals surface area contributed by atoms with E-state index in [2.05, 4.69) is 37.9 Å². The van der Waals surface area contributed by atoms with Gasteiger partial charge in [0.25, 0.3) is 0 Å². The van der Waals surface area contributed by atoms with Crippen molar-refractivity contribution in [3.63, 3.8) is 0 Å². The molecule has 1 unspecified atom stereocenters. The minimum absolute atomic E-state index is 0.502. The monoisotopic (exact) mass is 244 g/mol. The van der Waals surface area contributed by atoms with Crippen LogP contribution in [0.15, 0.2) is 24.7 Å². The van der Waals surface area contributed by atoms with E-state index in [1.165, 1.54) is 22.3 Å². The zero-order valence-corrected chi connectivity index (χ0v) is 11.4. The maximum Gasteiger partial charge on any atom is 0.0996 e. The summed E-state index contributed by atoms with van der Waals surface area (Å²) in [6, 6.07) is 4.33. The van der Waals surface area contributed by atoms with Crippen molar-refractivity contribution in [3.05, 3.63) is 52.6 Å². The van der Waals surface area contributed by atoms with Crippen LogP contribution in [-0.4, -0.2) is 14.7 Å². The molecule has 1 aromatic carbocycles. The highest BCUT2D eigenvalue weighted by Crippen LogP contribution is 2.23. The fraction of sp³-hybridized carbons (Fsp3) is 0.400. The molecule has 0 fully saturated rings. The number of hydrogen-bond donors (Lipinski definition) is 1. The van der Waals surface area contributed by atoms with Gasteiger partial charge < -0.3 is 9.67 Å². The van der Waals surface area contributed by atoms with Crippen LogP contribution in [-0.2, 0) is 13.5 Å². The molecule has 96 valence electrons. The van der Waals surface area contributed by atoms with Crippen LogP contribution in [0.2, 0.25) is 0 Å². The molecule has 1 heterocycles. The highest BCUT2D eigenvalue weighted by Gasteiger charge is 2.15. The topological polar surface area (TPSA) is 38.1 Å². The average molecular weight is 244 g/mol. The molecule has 0 aliphatic rings. The van der Waals surface area contributed by atoms with Crippen LogP contribution in [0.25, 0.3) is 0 Å². The predicted octanol–water partition coefficient (Wildman–Crippen LogP) is 2.62. The molecule has 0 saturated heterocycles. The summed E-state index contributed by atoms with van der Waals surface area (Å²) in [5.41, 5.74) is 5.84. The molecule has 0 saturated carbocycles. The molecule has 3 heteroatoms. The lowest BCUT2D eigenvalue weighted by atomic mass is 9.94. The Morgan fingerprint density at radius 3 is 2.33 bits per heavy atom. The van der Waals surface area contributed by atoms with E-state index < -0.39 is 6.10 Å². The molecule has 1 aromatic heterocycles. The summed E-state index contributed by atoms with van der Waals surface area (Å²) in [5.74, 6) is 0. The molecule has 18 heavy (non-hydrogen) atoms. The molecule has 3 nitrogen and oxygen atoms in total. The molecule has 0 aliphatic carbocycles. The number of aromatic nitrogens is 2. The summed E-state index contributed by atoms with van der Waals surface area (Å²) in [5, 5.41) is 10.3. The summed E-state index contributed by atoms with van der Waals surface area (Å²) in [6.07, 6.45) is 3.58. The summed E-state index contributed by atoms with van der Waals surface area (Å²) >= 11 is 0.